The molecular formula is C21H26OSi. The molecule has 0 saturated carbocycles. The van der Waals surface area contributed by atoms with Crippen molar-refractivity contribution in [2.45, 2.75) is 45.7 Å². The zero-order valence-electron chi connectivity index (χ0n) is 14.8. The highest BCUT2D eigenvalue weighted by Gasteiger charge is 2.33. The maximum Gasteiger partial charge on any atom is 0.118 e. The second-order valence-electron chi connectivity index (χ2n) is 8.06. The van der Waals surface area contributed by atoms with Gasteiger partial charge in [0.1, 0.15) is 13.8 Å². The van der Waals surface area contributed by atoms with Crippen LogP contribution in [0.25, 0.3) is 6.08 Å². The van der Waals surface area contributed by atoms with Crippen LogP contribution in [0, 0.1) is 0 Å². The Kier molecular flexibility index (Phi) is 3.76. The predicted molar refractivity (Wildman–Crippen MR) is 103 cm³/mol. The fourth-order valence-electron chi connectivity index (χ4n) is 3.63. The van der Waals surface area contributed by atoms with Crippen molar-refractivity contribution in [3.63, 3.8) is 0 Å². The quantitative estimate of drug-likeness (QED) is 0.826. The van der Waals surface area contributed by atoms with Gasteiger partial charge in [0, 0.05) is 0 Å². The summed E-state index contributed by atoms with van der Waals surface area (Å²) in [6.45, 7) is 11.2. The summed E-state index contributed by atoms with van der Waals surface area (Å²) < 4.78 is 0. The lowest BCUT2D eigenvalue weighted by Crippen LogP contribution is -2.54. The first-order valence-corrected chi connectivity index (χ1v) is 11.3. The van der Waals surface area contributed by atoms with E-state index < -0.39 is 8.07 Å². The van der Waals surface area contributed by atoms with Crippen LogP contribution >= 0.6 is 0 Å². The van der Waals surface area contributed by atoms with Gasteiger partial charge in [0.2, 0.25) is 0 Å². The van der Waals surface area contributed by atoms with Crippen LogP contribution < -0.4 is 10.4 Å². The predicted octanol–water partition coefficient (Wildman–Crippen LogP) is 4.08. The van der Waals surface area contributed by atoms with Gasteiger partial charge in [0.25, 0.3) is 0 Å². The highest BCUT2D eigenvalue weighted by molar-refractivity contribution is 7.01. The van der Waals surface area contributed by atoms with Crippen molar-refractivity contribution in [1.82, 2.24) is 0 Å². The molecule has 1 nitrogen and oxygen atoms in total. The van der Waals surface area contributed by atoms with Crippen molar-refractivity contribution in [2.75, 3.05) is 0 Å². The lowest BCUT2D eigenvalue weighted by atomic mass is 9.86. The lowest BCUT2D eigenvalue weighted by Gasteiger charge is -2.30. The van der Waals surface area contributed by atoms with Crippen LogP contribution in [-0.2, 0) is 11.8 Å². The third kappa shape index (κ3) is 2.65. The SMILES string of the molecule is CC(C)(C)c1cccc([Si](C)(C)c2cccc3c2C=CC3)c1O. The van der Waals surface area contributed by atoms with E-state index in [9.17, 15) is 5.11 Å². The summed E-state index contributed by atoms with van der Waals surface area (Å²) in [5.41, 5.74) is 3.78. The van der Waals surface area contributed by atoms with E-state index in [1.807, 2.05) is 0 Å². The molecule has 2 aromatic carbocycles. The average molecular weight is 323 g/mol. The largest absolute Gasteiger partial charge is 0.508 e. The Morgan fingerprint density at radius 1 is 0.957 bits per heavy atom. The first-order valence-electron chi connectivity index (χ1n) is 8.35. The van der Waals surface area contributed by atoms with Gasteiger partial charge in [0.05, 0.1) is 0 Å². The fourth-order valence-corrected chi connectivity index (χ4v) is 6.59. The van der Waals surface area contributed by atoms with E-state index in [2.05, 4.69) is 82.4 Å². The second-order valence-corrected chi connectivity index (χ2v) is 12.4. The zero-order chi connectivity index (χ0) is 16.8. The fraction of sp³-hybridized carbons (Fsp3) is 0.333. The maximum absolute atomic E-state index is 11.0. The van der Waals surface area contributed by atoms with Gasteiger partial charge in [-0.05, 0) is 38.9 Å². The van der Waals surface area contributed by atoms with Crippen molar-refractivity contribution in [3.05, 3.63) is 59.2 Å². The van der Waals surface area contributed by atoms with Crippen LogP contribution in [0.4, 0.5) is 0 Å². The summed E-state index contributed by atoms with van der Waals surface area (Å²) >= 11 is 0. The molecule has 1 aliphatic rings. The topological polar surface area (TPSA) is 20.2 Å². The van der Waals surface area contributed by atoms with Crippen LogP contribution in [0.1, 0.15) is 37.5 Å². The molecule has 2 heteroatoms. The molecule has 120 valence electrons. The monoisotopic (exact) mass is 322 g/mol. The number of phenols is 1. The molecule has 0 saturated heterocycles. The van der Waals surface area contributed by atoms with Crippen molar-refractivity contribution < 1.29 is 5.11 Å². The van der Waals surface area contributed by atoms with E-state index in [1.54, 1.807) is 0 Å². The smallest absolute Gasteiger partial charge is 0.118 e. The first-order chi connectivity index (χ1) is 10.7. The number of para-hydroxylation sites is 1. The van der Waals surface area contributed by atoms with E-state index in [-0.39, 0.29) is 5.41 Å². The lowest BCUT2D eigenvalue weighted by molar-refractivity contribution is 0.450. The Morgan fingerprint density at radius 2 is 1.61 bits per heavy atom. The summed E-state index contributed by atoms with van der Waals surface area (Å²) in [6, 6.07) is 12.9. The van der Waals surface area contributed by atoms with E-state index in [0.717, 1.165) is 17.2 Å². The molecule has 0 fully saturated rings. The van der Waals surface area contributed by atoms with Crippen molar-refractivity contribution in [2.24, 2.45) is 0 Å². The summed E-state index contributed by atoms with van der Waals surface area (Å²) in [5.74, 6) is 0.497. The number of hydrogen-bond donors (Lipinski definition) is 1. The van der Waals surface area contributed by atoms with Crippen molar-refractivity contribution >= 4 is 24.5 Å². The van der Waals surface area contributed by atoms with Crippen LogP contribution in [-0.4, -0.2) is 13.2 Å². The molecule has 0 bridgehead atoms. The molecule has 23 heavy (non-hydrogen) atoms. The van der Waals surface area contributed by atoms with Gasteiger partial charge in [-0.25, -0.2) is 0 Å². The molecule has 0 unspecified atom stereocenters. The van der Waals surface area contributed by atoms with E-state index in [1.165, 1.54) is 16.3 Å². The van der Waals surface area contributed by atoms with Gasteiger partial charge < -0.3 is 5.11 Å². The van der Waals surface area contributed by atoms with Gasteiger partial charge >= 0.3 is 0 Å². The molecule has 0 spiro atoms. The number of allylic oxidation sites excluding steroid dienone is 1. The third-order valence-corrected chi connectivity index (χ3v) is 8.54. The number of phenolic OH excluding ortho intramolecular Hbond substituents is 1. The molecule has 0 aliphatic heterocycles. The van der Waals surface area contributed by atoms with Gasteiger partial charge in [-0.2, -0.15) is 0 Å². The maximum atomic E-state index is 11.0. The summed E-state index contributed by atoms with van der Waals surface area (Å²) in [5, 5.41) is 13.5. The van der Waals surface area contributed by atoms with Crippen LogP contribution in [0.15, 0.2) is 42.5 Å². The minimum absolute atomic E-state index is 0.0525. The Morgan fingerprint density at radius 3 is 2.30 bits per heavy atom. The summed E-state index contributed by atoms with van der Waals surface area (Å²) in [4.78, 5) is 0. The van der Waals surface area contributed by atoms with E-state index >= 15 is 0 Å². The van der Waals surface area contributed by atoms with Crippen LogP contribution in [0.5, 0.6) is 5.75 Å². The van der Waals surface area contributed by atoms with Crippen molar-refractivity contribution in [1.29, 1.82) is 0 Å². The zero-order valence-corrected chi connectivity index (χ0v) is 15.8. The molecule has 0 amide bonds. The van der Waals surface area contributed by atoms with Gasteiger partial charge in [-0.1, -0.05) is 82.4 Å². The molecule has 0 atom stereocenters. The minimum Gasteiger partial charge on any atom is -0.508 e. The number of rotatable bonds is 2. The number of fused-ring (bicyclic) bond motifs is 1. The minimum atomic E-state index is -1.97. The summed E-state index contributed by atoms with van der Waals surface area (Å²) in [6.07, 6.45) is 5.52. The molecule has 0 heterocycles. The average Bonchev–Trinajstić information content (AvgIpc) is 2.94. The Bertz CT molecular complexity index is 779. The van der Waals surface area contributed by atoms with E-state index in [4.69, 9.17) is 0 Å². The normalized spacial score (nSPS) is 14.1. The highest BCUT2D eigenvalue weighted by Crippen LogP contribution is 2.31. The molecule has 1 N–H and O–H groups in total. The second kappa shape index (κ2) is 5.38. The Hall–Kier alpha value is -1.80. The van der Waals surface area contributed by atoms with Gasteiger partial charge in [-0.15, -0.1) is 0 Å². The molecule has 0 aromatic heterocycles. The highest BCUT2D eigenvalue weighted by atomic mass is 28.3. The molecule has 0 radical (unpaired) electrons. The Labute approximate surface area is 140 Å². The number of aromatic hydroxyl groups is 1. The van der Waals surface area contributed by atoms with Crippen LogP contribution in [0.3, 0.4) is 0 Å². The number of hydrogen-bond acceptors (Lipinski definition) is 1. The van der Waals surface area contributed by atoms with Crippen molar-refractivity contribution in [3.8, 4) is 5.75 Å². The third-order valence-electron chi connectivity index (χ3n) is 5.01. The molecule has 3 rings (SSSR count). The van der Waals surface area contributed by atoms with E-state index in [0.29, 0.717) is 5.75 Å². The van der Waals surface area contributed by atoms with Crippen LogP contribution in [0.2, 0.25) is 13.1 Å². The Balaban J connectivity index is 2.19. The van der Waals surface area contributed by atoms with Gasteiger partial charge in [0.15, 0.2) is 0 Å². The summed E-state index contributed by atoms with van der Waals surface area (Å²) in [7, 11) is -1.97. The molecule has 2 aromatic rings. The standard InChI is InChI=1S/C21H26OSi/c1-21(2,3)17-12-8-14-19(20(17)22)23(4,5)18-13-7-10-15-9-6-11-16(15)18/h6-8,10-14,22H,9H2,1-5H3. The number of benzene rings is 2. The molecule has 1 aliphatic carbocycles. The first kappa shape index (κ1) is 16.1. The molecular weight excluding hydrogens is 296 g/mol. The van der Waals surface area contributed by atoms with Gasteiger partial charge in [-0.3, -0.25) is 0 Å².